The van der Waals surface area contributed by atoms with Gasteiger partial charge in [0.25, 0.3) is 0 Å². The van der Waals surface area contributed by atoms with Crippen molar-refractivity contribution in [3.63, 3.8) is 0 Å². The Balaban J connectivity index is 2.90. The number of esters is 1. The van der Waals surface area contributed by atoms with Gasteiger partial charge in [-0.15, -0.1) is 6.42 Å². The Labute approximate surface area is 102 Å². The lowest BCUT2D eigenvalue weighted by molar-refractivity contribution is -0.143. The van der Waals surface area contributed by atoms with Crippen LogP contribution >= 0.6 is 0 Å². The number of ether oxygens (including phenoxy) is 1. The average Bonchev–Trinajstić information content (AvgIpc) is 2.40. The SMILES string of the molecule is C#CC(CC)NC(C(=O)OC)c1ccccc1. The lowest BCUT2D eigenvalue weighted by Gasteiger charge is -2.20. The molecule has 1 N–H and O–H groups in total. The molecule has 0 bridgehead atoms. The molecule has 3 nitrogen and oxygen atoms in total. The maximum atomic E-state index is 11.7. The molecule has 90 valence electrons. The topological polar surface area (TPSA) is 38.3 Å². The second-order valence-corrected chi connectivity index (χ2v) is 3.66. The highest BCUT2D eigenvalue weighted by atomic mass is 16.5. The van der Waals surface area contributed by atoms with E-state index in [1.807, 2.05) is 37.3 Å². The molecule has 0 aromatic heterocycles. The van der Waals surface area contributed by atoms with E-state index in [1.165, 1.54) is 7.11 Å². The Hall–Kier alpha value is -1.79. The van der Waals surface area contributed by atoms with Crippen LogP contribution in [-0.2, 0) is 9.53 Å². The number of hydrogen-bond acceptors (Lipinski definition) is 3. The van der Waals surface area contributed by atoms with Crippen molar-refractivity contribution in [3.8, 4) is 12.3 Å². The number of rotatable bonds is 5. The molecule has 17 heavy (non-hydrogen) atoms. The highest BCUT2D eigenvalue weighted by Gasteiger charge is 2.22. The summed E-state index contributed by atoms with van der Waals surface area (Å²) >= 11 is 0. The second kappa shape index (κ2) is 6.72. The summed E-state index contributed by atoms with van der Waals surface area (Å²) in [5.74, 6) is 2.28. The van der Waals surface area contributed by atoms with Gasteiger partial charge in [-0.2, -0.15) is 0 Å². The number of benzene rings is 1. The fourth-order valence-electron chi connectivity index (χ4n) is 1.55. The third-order valence-electron chi connectivity index (χ3n) is 2.55. The number of hydrogen-bond donors (Lipinski definition) is 1. The Bertz CT molecular complexity index is 394. The van der Waals surface area contributed by atoms with E-state index in [4.69, 9.17) is 11.2 Å². The molecule has 2 unspecified atom stereocenters. The summed E-state index contributed by atoms with van der Waals surface area (Å²) in [4.78, 5) is 11.7. The van der Waals surface area contributed by atoms with Crippen molar-refractivity contribution in [1.82, 2.24) is 5.32 Å². The molecule has 1 rings (SSSR count). The first-order valence-electron chi connectivity index (χ1n) is 5.57. The Morgan fingerprint density at radius 2 is 2.12 bits per heavy atom. The van der Waals surface area contributed by atoms with Crippen LogP contribution in [0.5, 0.6) is 0 Å². The molecule has 0 aliphatic carbocycles. The van der Waals surface area contributed by atoms with Crippen molar-refractivity contribution in [2.75, 3.05) is 7.11 Å². The molecular formula is C14H17NO2. The van der Waals surface area contributed by atoms with Crippen molar-refractivity contribution < 1.29 is 9.53 Å². The maximum absolute atomic E-state index is 11.7. The zero-order valence-electron chi connectivity index (χ0n) is 10.1. The van der Waals surface area contributed by atoms with E-state index in [2.05, 4.69) is 11.2 Å². The first-order valence-corrected chi connectivity index (χ1v) is 5.57. The number of carbonyl (C=O) groups excluding carboxylic acids is 1. The van der Waals surface area contributed by atoms with Gasteiger partial charge in [0.1, 0.15) is 6.04 Å². The normalized spacial score (nSPS) is 13.5. The van der Waals surface area contributed by atoms with Gasteiger partial charge in [0.15, 0.2) is 0 Å². The molecule has 1 aromatic rings. The maximum Gasteiger partial charge on any atom is 0.327 e. The van der Waals surface area contributed by atoms with Gasteiger partial charge in [0, 0.05) is 0 Å². The second-order valence-electron chi connectivity index (χ2n) is 3.66. The van der Waals surface area contributed by atoms with Gasteiger partial charge in [-0.05, 0) is 12.0 Å². The van der Waals surface area contributed by atoms with E-state index in [9.17, 15) is 4.79 Å². The van der Waals surface area contributed by atoms with Crippen LogP contribution in [0, 0.1) is 12.3 Å². The molecule has 3 heteroatoms. The minimum Gasteiger partial charge on any atom is -0.468 e. The van der Waals surface area contributed by atoms with Crippen LogP contribution in [0.4, 0.5) is 0 Å². The van der Waals surface area contributed by atoms with Crippen LogP contribution < -0.4 is 5.32 Å². The molecule has 0 spiro atoms. The van der Waals surface area contributed by atoms with Gasteiger partial charge >= 0.3 is 5.97 Å². The van der Waals surface area contributed by atoms with Gasteiger partial charge in [0.05, 0.1) is 13.2 Å². The molecular weight excluding hydrogens is 214 g/mol. The third kappa shape index (κ3) is 3.61. The van der Waals surface area contributed by atoms with Crippen LogP contribution in [0.25, 0.3) is 0 Å². The molecule has 0 aliphatic heterocycles. The molecule has 0 fully saturated rings. The first-order chi connectivity index (χ1) is 8.22. The Kier molecular flexibility index (Phi) is 5.25. The van der Waals surface area contributed by atoms with Crippen molar-refractivity contribution in [1.29, 1.82) is 0 Å². The quantitative estimate of drug-likeness (QED) is 0.621. The first kappa shape index (κ1) is 13.3. The van der Waals surface area contributed by atoms with Crippen molar-refractivity contribution in [2.24, 2.45) is 0 Å². The predicted octanol–water partition coefficient (Wildman–Crippen LogP) is 1.90. The lowest BCUT2D eigenvalue weighted by atomic mass is 10.1. The van der Waals surface area contributed by atoms with Gasteiger partial charge in [-0.3, -0.25) is 5.32 Å². The highest BCUT2D eigenvalue weighted by Crippen LogP contribution is 2.15. The predicted molar refractivity (Wildman–Crippen MR) is 67.2 cm³/mol. The van der Waals surface area contributed by atoms with Gasteiger partial charge in [-0.1, -0.05) is 43.2 Å². The summed E-state index contributed by atoms with van der Waals surface area (Å²) in [6.07, 6.45) is 6.15. The molecule has 1 aromatic carbocycles. The van der Waals surface area contributed by atoms with Crippen LogP contribution in [0.2, 0.25) is 0 Å². The summed E-state index contributed by atoms with van der Waals surface area (Å²) in [5.41, 5.74) is 0.855. The third-order valence-corrected chi connectivity index (χ3v) is 2.55. The number of carbonyl (C=O) groups is 1. The smallest absolute Gasteiger partial charge is 0.327 e. The number of terminal acetylenes is 1. The largest absolute Gasteiger partial charge is 0.468 e. The van der Waals surface area contributed by atoms with E-state index >= 15 is 0 Å². The van der Waals surface area contributed by atoms with Gasteiger partial charge in [0.2, 0.25) is 0 Å². The molecule has 2 atom stereocenters. The highest BCUT2D eigenvalue weighted by molar-refractivity contribution is 5.77. The average molecular weight is 231 g/mol. The summed E-state index contributed by atoms with van der Waals surface area (Å²) in [5, 5.41) is 3.11. The van der Waals surface area contributed by atoms with E-state index in [0.717, 1.165) is 12.0 Å². The van der Waals surface area contributed by atoms with Crippen molar-refractivity contribution in [2.45, 2.75) is 25.4 Å². The standard InChI is InChI=1S/C14H17NO2/c1-4-12(5-2)15-13(14(16)17-3)11-9-7-6-8-10-11/h1,6-10,12-13,15H,5H2,2-3H3. The van der Waals surface area contributed by atoms with Gasteiger partial charge < -0.3 is 4.74 Å². The van der Waals surface area contributed by atoms with Crippen LogP contribution in [-0.4, -0.2) is 19.1 Å². The van der Waals surface area contributed by atoms with Crippen LogP contribution in [0.3, 0.4) is 0 Å². The van der Waals surface area contributed by atoms with E-state index < -0.39 is 6.04 Å². The van der Waals surface area contributed by atoms with Crippen molar-refractivity contribution >= 4 is 5.97 Å². The zero-order valence-corrected chi connectivity index (χ0v) is 10.1. The van der Waals surface area contributed by atoms with Crippen molar-refractivity contribution in [3.05, 3.63) is 35.9 Å². The molecule has 0 saturated carbocycles. The van der Waals surface area contributed by atoms with E-state index in [1.54, 1.807) is 0 Å². The van der Waals surface area contributed by atoms with Crippen LogP contribution in [0.15, 0.2) is 30.3 Å². The molecule has 0 amide bonds. The molecule has 0 heterocycles. The summed E-state index contributed by atoms with van der Waals surface area (Å²) in [6, 6.07) is 8.75. The van der Waals surface area contributed by atoms with Crippen LogP contribution in [0.1, 0.15) is 24.9 Å². The zero-order chi connectivity index (χ0) is 12.7. The summed E-state index contributed by atoms with van der Waals surface area (Å²) < 4.78 is 4.79. The van der Waals surface area contributed by atoms with E-state index in [-0.39, 0.29) is 12.0 Å². The summed E-state index contributed by atoms with van der Waals surface area (Å²) in [7, 11) is 1.37. The minimum absolute atomic E-state index is 0.140. The Morgan fingerprint density at radius 1 is 1.47 bits per heavy atom. The number of nitrogens with one attached hydrogen (secondary N) is 1. The van der Waals surface area contributed by atoms with Gasteiger partial charge in [-0.25, -0.2) is 4.79 Å². The molecule has 0 saturated heterocycles. The summed E-state index contributed by atoms with van der Waals surface area (Å²) in [6.45, 7) is 1.97. The fourth-order valence-corrected chi connectivity index (χ4v) is 1.55. The number of methoxy groups -OCH3 is 1. The Morgan fingerprint density at radius 3 is 2.59 bits per heavy atom. The lowest BCUT2D eigenvalue weighted by Crippen LogP contribution is -2.36. The van der Waals surface area contributed by atoms with E-state index in [0.29, 0.717) is 0 Å². The fraction of sp³-hybridized carbons (Fsp3) is 0.357. The molecule has 0 radical (unpaired) electrons. The minimum atomic E-state index is -0.512. The monoisotopic (exact) mass is 231 g/mol. The molecule has 0 aliphatic rings.